The molecule has 0 N–H and O–H groups in total. The van der Waals surface area contributed by atoms with Crippen LogP contribution in [0.25, 0.3) is 0 Å². The summed E-state index contributed by atoms with van der Waals surface area (Å²) in [6, 6.07) is 7.85. The minimum absolute atomic E-state index is 0.241. The van der Waals surface area contributed by atoms with E-state index in [1.165, 1.54) is 5.56 Å². The molecule has 15 heavy (non-hydrogen) atoms. The third-order valence-electron chi connectivity index (χ3n) is 2.19. The van der Waals surface area contributed by atoms with Crippen molar-refractivity contribution in [1.82, 2.24) is 9.55 Å². The van der Waals surface area contributed by atoms with Crippen molar-refractivity contribution >= 4 is 0 Å². The Bertz CT molecular complexity index is 420. The molecule has 0 fully saturated rings. The molecular weight excluding hydrogens is 190 g/mol. The van der Waals surface area contributed by atoms with E-state index in [1.54, 1.807) is 12.5 Å². The monoisotopic (exact) mass is 201 g/mol. The largest absolute Gasteiger partial charge is 0.333 e. The normalized spacial score (nSPS) is 10.1. The zero-order valence-electron chi connectivity index (χ0n) is 8.21. The number of hydrogen-bond acceptors (Lipinski definition) is 3. The highest BCUT2D eigenvalue weighted by atomic mass is 16.3. The van der Waals surface area contributed by atoms with Gasteiger partial charge in [0.15, 0.2) is 0 Å². The molecule has 0 unspecified atom stereocenters. The Kier molecular flexibility index (Phi) is 2.88. The van der Waals surface area contributed by atoms with Crippen LogP contribution >= 0.6 is 0 Å². The van der Waals surface area contributed by atoms with Crippen molar-refractivity contribution in [2.75, 3.05) is 0 Å². The van der Waals surface area contributed by atoms with Gasteiger partial charge in [-0.2, -0.15) is 4.91 Å². The van der Waals surface area contributed by atoms with Crippen LogP contribution in [0, 0.1) is 4.91 Å². The van der Waals surface area contributed by atoms with Crippen molar-refractivity contribution in [2.45, 2.75) is 13.1 Å². The molecule has 0 bridgehead atoms. The van der Waals surface area contributed by atoms with E-state index in [0.717, 1.165) is 12.1 Å². The molecule has 4 nitrogen and oxygen atoms in total. The van der Waals surface area contributed by atoms with Gasteiger partial charge in [0.05, 0.1) is 6.33 Å². The number of aromatic nitrogens is 2. The summed E-state index contributed by atoms with van der Waals surface area (Å²) < 4.78 is 1.99. The van der Waals surface area contributed by atoms with Crippen molar-refractivity contribution < 1.29 is 0 Å². The number of benzene rings is 1. The molecule has 0 spiro atoms. The van der Waals surface area contributed by atoms with Crippen LogP contribution in [0.5, 0.6) is 0 Å². The van der Waals surface area contributed by atoms with Crippen molar-refractivity contribution in [1.29, 1.82) is 0 Å². The molecular formula is C11H11N3O. The molecule has 0 atom stereocenters. The van der Waals surface area contributed by atoms with E-state index >= 15 is 0 Å². The van der Waals surface area contributed by atoms with E-state index in [2.05, 4.69) is 10.2 Å². The summed E-state index contributed by atoms with van der Waals surface area (Å²) in [5.41, 5.74) is 2.13. The Morgan fingerprint density at radius 1 is 1.20 bits per heavy atom. The van der Waals surface area contributed by atoms with Crippen molar-refractivity contribution in [3.8, 4) is 0 Å². The molecule has 4 heteroatoms. The maximum Gasteiger partial charge on any atom is 0.106 e. The molecule has 1 aromatic carbocycles. The van der Waals surface area contributed by atoms with E-state index < -0.39 is 0 Å². The lowest BCUT2D eigenvalue weighted by molar-refractivity contribution is 0.796. The van der Waals surface area contributed by atoms with Crippen molar-refractivity contribution in [3.63, 3.8) is 0 Å². The first-order valence-corrected chi connectivity index (χ1v) is 4.71. The lowest BCUT2D eigenvalue weighted by Crippen LogP contribution is -1.96. The molecule has 0 aliphatic carbocycles. The zero-order chi connectivity index (χ0) is 10.5. The maximum atomic E-state index is 10.1. The second kappa shape index (κ2) is 4.50. The summed E-state index contributed by atoms with van der Waals surface area (Å²) in [5.74, 6) is 0. The van der Waals surface area contributed by atoms with Gasteiger partial charge in [0.2, 0.25) is 0 Å². The molecule has 76 valence electrons. The summed E-state index contributed by atoms with van der Waals surface area (Å²) in [5, 5.41) is 2.85. The Morgan fingerprint density at radius 2 is 1.93 bits per heavy atom. The van der Waals surface area contributed by atoms with E-state index in [1.807, 2.05) is 35.0 Å². The van der Waals surface area contributed by atoms with Gasteiger partial charge in [-0.1, -0.05) is 29.4 Å². The van der Waals surface area contributed by atoms with E-state index in [9.17, 15) is 4.91 Å². The highest BCUT2D eigenvalue weighted by Gasteiger charge is 1.95. The predicted molar refractivity (Wildman–Crippen MR) is 57.3 cm³/mol. The number of imidazole rings is 1. The summed E-state index contributed by atoms with van der Waals surface area (Å²) in [6.45, 7) is 1.04. The van der Waals surface area contributed by atoms with Gasteiger partial charge in [0.25, 0.3) is 0 Å². The van der Waals surface area contributed by atoms with Crippen LogP contribution in [0.2, 0.25) is 0 Å². The smallest absolute Gasteiger partial charge is 0.106 e. The first-order valence-electron chi connectivity index (χ1n) is 4.71. The number of rotatable bonds is 4. The minimum Gasteiger partial charge on any atom is -0.333 e. The molecule has 0 aliphatic heterocycles. The van der Waals surface area contributed by atoms with Gasteiger partial charge in [-0.05, 0) is 11.1 Å². The summed E-state index contributed by atoms with van der Waals surface area (Å²) in [7, 11) is 0. The Balaban J connectivity index is 2.07. The number of nitrogens with zero attached hydrogens (tertiary/aromatic N) is 3. The predicted octanol–water partition coefficient (Wildman–Crippen LogP) is 2.20. The summed E-state index contributed by atoms with van der Waals surface area (Å²) in [4.78, 5) is 14.0. The van der Waals surface area contributed by atoms with Crippen LogP contribution in [-0.4, -0.2) is 9.55 Å². The fourth-order valence-corrected chi connectivity index (χ4v) is 1.42. The van der Waals surface area contributed by atoms with Crippen LogP contribution in [0.3, 0.4) is 0 Å². The fraction of sp³-hybridized carbons (Fsp3) is 0.182. The molecule has 0 saturated heterocycles. The van der Waals surface area contributed by atoms with Gasteiger partial charge in [-0.15, -0.1) is 0 Å². The molecule has 0 radical (unpaired) electrons. The van der Waals surface area contributed by atoms with Gasteiger partial charge in [-0.25, -0.2) is 4.98 Å². The average molecular weight is 201 g/mol. The van der Waals surface area contributed by atoms with Crippen LogP contribution in [0.1, 0.15) is 11.1 Å². The average Bonchev–Trinajstić information content (AvgIpc) is 2.74. The van der Waals surface area contributed by atoms with Crippen LogP contribution in [0.15, 0.2) is 48.2 Å². The third kappa shape index (κ3) is 2.49. The highest BCUT2D eigenvalue weighted by molar-refractivity contribution is 5.22. The Morgan fingerprint density at radius 3 is 2.53 bits per heavy atom. The molecule has 2 rings (SSSR count). The molecule has 0 aliphatic rings. The quantitative estimate of drug-likeness (QED) is 0.712. The highest BCUT2D eigenvalue weighted by Crippen LogP contribution is 2.07. The topological polar surface area (TPSA) is 47.2 Å². The van der Waals surface area contributed by atoms with E-state index in [4.69, 9.17) is 0 Å². The maximum absolute atomic E-state index is 10.1. The zero-order valence-corrected chi connectivity index (χ0v) is 8.21. The van der Waals surface area contributed by atoms with E-state index in [0.29, 0.717) is 0 Å². The van der Waals surface area contributed by atoms with Gasteiger partial charge >= 0.3 is 0 Å². The summed E-state index contributed by atoms with van der Waals surface area (Å²) in [6.07, 6.45) is 5.45. The number of hydrogen-bond donors (Lipinski definition) is 0. The molecule has 0 amide bonds. The third-order valence-corrected chi connectivity index (χ3v) is 2.19. The van der Waals surface area contributed by atoms with Gasteiger partial charge in [-0.3, -0.25) is 0 Å². The lowest BCUT2D eigenvalue weighted by atomic mass is 10.1. The van der Waals surface area contributed by atoms with Crippen LogP contribution in [0.4, 0.5) is 0 Å². The minimum atomic E-state index is 0.241. The van der Waals surface area contributed by atoms with Crippen LogP contribution < -0.4 is 0 Å². The Labute approximate surface area is 87.6 Å². The summed E-state index contributed by atoms with van der Waals surface area (Å²) >= 11 is 0. The second-order valence-electron chi connectivity index (χ2n) is 3.34. The Hall–Kier alpha value is -1.97. The first-order chi connectivity index (χ1) is 7.38. The van der Waals surface area contributed by atoms with Crippen LogP contribution in [-0.2, 0) is 13.1 Å². The second-order valence-corrected chi connectivity index (χ2v) is 3.34. The van der Waals surface area contributed by atoms with Gasteiger partial charge in [0.1, 0.15) is 6.54 Å². The number of nitroso groups, excluding NO2 is 1. The molecule has 0 saturated carbocycles. The molecule has 2 aromatic rings. The van der Waals surface area contributed by atoms with Gasteiger partial charge < -0.3 is 4.57 Å². The lowest BCUT2D eigenvalue weighted by Gasteiger charge is -2.02. The first kappa shape index (κ1) is 9.58. The van der Waals surface area contributed by atoms with Crippen molar-refractivity contribution in [2.24, 2.45) is 5.18 Å². The SMILES string of the molecule is O=NCc1ccc(Cn2ccnc2)cc1. The fourth-order valence-electron chi connectivity index (χ4n) is 1.42. The standard InChI is InChI=1S/C11H11N3O/c15-13-7-10-1-3-11(4-2-10)8-14-6-5-12-9-14/h1-6,9H,7-8H2. The molecule has 1 heterocycles. The van der Waals surface area contributed by atoms with Crippen molar-refractivity contribution in [3.05, 3.63) is 59.0 Å². The van der Waals surface area contributed by atoms with Gasteiger partial charge in [0, 0.05) is 18.9 Å². The van der Waals surface area contributed by atoms with E-state index in [-0.39, 0.29) is 6.54 Å². The molecule has 1 aromatic heterocycles.